The Kier molecular flexibility index (Phi) is 4.76. The van der Waals surface area contributed by atoms with Crippen molar-refractivity contribution in [3.05, 3.63) is 65.5 Å². The van der Waals surface area contributed by atoms with E-state index in [9.17, 15) is 18.8 Å². The van der Waals surface area contributed by atoms with Crippen LogP contribution in [0.2, 0.25) is 0 Å². The normalized spacial score (nSPS) is 27.6. The summed E-state index contributed by atoms with van der Waals surface area (Å²) in [7, 11) is 0. The topological polar surface area (TPSA) is 78.5 Å². The summed E-state index contributed by atoms with van der Waals surface area (Å²) in [6, 6.07) is 13.1. The Morgan fingerprint density at radius 2 is 1.90 bits per heavy atom. The fourth-order valence-electron chi connectivity index (χ4n) is 5.51. The SMILES string of the molecule is O=C1C[C@H](C(=O)N2CCC[C@]3(CCC(=O)N3)[C@H]2c2cccc(F)c2)c2ccccc2N1. The predicted octanol–water partition coefficient (Wildman–Crippen LogP) is 3.26. The Labute approximate surface area is 179 Å². The van der Waals surface area contributed by atoms with E-state index in [2.05, 4.69) is 10.6 Å². The minimum Gasteiger partial charge on any atom is -0.348 e. The van der Waals surface area contributed by atoms with Gasteiger partial charge in [0.1, 0.15) is 5.82 Å². The van der Waals surface area contributed by atoms with Crippen molar-refractivity contribution in [3.8, 4) is 0 Å². The maximum atomic E-state index is 14.2. The molecule has 0 aromatic heterocycles. The van der Waals surface area contributed by atoms with Crippen LogP contribution in [0.3, 0.4) is 0 Å². The van der Waals surface area contributed by atoms with Crippen LogP contribution >= 0.6 is 0 Å². The molecule has 2 N–H and O–H groups in total. The van der Waals surface area contributed by atoms with E-state index in [1.807, 2.05) is 24.3 Å². The average molecular weight is 421 g/mol. The van der Waals surface area contributed by atoms with Gasteiger partial charge in [0.2, 0.25) is 17.7 Å². The van der Waals surface area contributed by atoms with E-state index in [1.54, 1.807) is 17.0 Å². The Morgan fingerprint density at radius 3 is 2.68 bits per heavy atom. The van der Waals surface area contributed by atoms with Crippen LogP contribution in [-0.2, 0) is 14.4 Å². The Bertz CT molecular complexity index is 1070. The Balaban J connectivity index is 1.57. The zero-order valence-corrected chi connectivity index (χ0v) is 17.1. The van der Waals surface area contributed by atoms with Gasteiger partial charge in [-0.15, -0.1) is 0 Å². The van der Waals surface area contributed by atoms with Crippen molar-refractivity contribution in [1.29, 1.82) is 0 Å². The molecule has 2 saturated heterocycles. The molecular weight excluding hydrogens is 397 g/mol. The molecule has 5 rings (SSSR count). The first-order chi connectivity index (χ1) is 15.0. The first-order valence-electron chi connectivity index (χ1n) is 10.7. The second-order valence-electron chi connectivity index (χ2n) is 8.69. The molecule has 6 nitrogen and oxygen atoms in total. The van der Waals surface area contributed by atoms with Gasteiger partial charge in [0.25, 0.3) is 0 Å². The molecule has 3 atom stereocenters. The lowest BCUT2D eigenvalue weighted by atomic mass is 9.75. The Hall–Kier alpha value is -3.22. The van der Waals surface area contributed by atoms with Crippen molar-refractivity contribution < 1.29 is 18.8 Å². The lowest BCUT2D eigenvalue weighted by Crippen LogP contribution is -2.59. The average Bonchev–Trinajstić information content (AvgIpc) is 3.12. The third-order valence-electron chi connectivity index (χ3n) is 6.79. The monoisotopic (exact) mass is 421 g/mol. The van der Waals surface area contributed by atoms with Gasteiger partial charge in [-0.2, -0.15) is 0 Å². The predicted molar refractivity (Wildman–Crippen MR) is 113 cm³/mol. The largest absolute Gasteiger partial charge is 0.348 e. The van der Waals surface area contributed by atoms with Gasteiger partial charge in [0.05, 0.1) is 17.5 Å². The van der Waals surface area contributed by atoms with E-state index in [0.29, 0.717) is 30.6 Å². The number of likely N-dealkylation sites (tertiary alicyclic amines) is 1. The second-order valence-corrected chi connectivity index (χ2v) is 8.69. The van der Waals surface area contributed by atoms with Crippen LogP contribution in [-0.4, -0.2) is 34.7 Å². The highest BCUT2D eigenvalue weighted by Crippen LogP contribution is 2.46. The minimum atomic E-state index is -0.616. The van der Waals surface area contributed by atoms with Crippen LogP contribution in [0.15, 0.2) is 48.5 Å². The zero-order valence-electron chi connectivity index (χ0n) is 17.1. The van der Waals surface area contributed by atoms with Gasteiger partial charge in [-0.3, -0.25) is 14.4 Å². The number of para-hydroxylation sites is 1. The van der Waals surface area contributed by atoms with Crippen molar-refractivity contribution in [2.45, 2.75) is 49.6 Å². The van der Waals surface area contributed by atoms with E-state index in [4.69, 9.17) is 0 Å². The molecule has 160 valence electrons. The van der Waals surface area contributed by atoms with Crippen molar-refractivity contribution in [1.82, 2.24) is 10.2 Å². The summed E-state index contributed by atoms with van der Waals surface area (Å²) in [4.78, 5) is 40.2. The number of anilines is 1. The molecule has 0 radical (unpaired) electrons. The van der Waals surface area contributed by atoms with Gasteiger partial charge in [0, 0.05) is 25.1 Å². The van der Waals surface area contributed by atoms with Crippen molar-refractivity contribution in [2.24, 2.45) is 0 Å². The standard InChI is InChI=1S/C24H24FN3O3/c25-16-6-3-5-15(13-16)22-24(11-9-20(29)27-24)10-4-12-28(22)23(31)18-14-21(30)26-19-8-2-1-7-17(18)19/h1-3,5-8,13,18,22H,4,9-12,14H2,(H,26,30)(H,27,29)/t18-,22+,24-/m0/s1. The van der Waals surface area contributed by atoms with E-state index < -0.39 is 17.5 Å². The van der Waals surface area contributed by atoms with Gasteiger partial charge in [-0.1, -0.05) is 30.3 Å². The highest BCUT2D eigenvalue weighted by atomic mass is 19.1. The number of rotatable bonds is 2. The zero-order chi connectivity index (χ0) is 21.6. The van der Waals surface area contributed by atoms with Crippen LogP contribution in [0.5, 0.6) is 0 Å². The molecule has 7 heteroatoms. The third-order valence-corrected chi connectivity index (χ3v) is 6.79. The summed E-state index contributed by atoms with van der Waals surface area (Å²) in [5.74, 6) is -1.37. The highest BCUT2D eigenvalue weighted by Gasteiger charge is 2.52. The number of carbonyl (C=O) groups is 3. The number of benzene rings is 2. The Morgan fingerprint density at radius 1 is 1.06 bits per heavy atom. The van der Waals surface area contributed by atoms with E-state index >= 15 is 0 Å². The van der Waals surface area contributed by atoms with Crippen LogP contribution in [0.4, 0.5) is 10.1 Å². The fraction of sp³-hybridized carbons (Fsp3) is 0.375. The summed E-state index contributed by atoms with van der Waals surface area (Å²) in [6.45, 7) is 0.498. The van der Waals surface area contributed by atoms with Crippen molar-refractivity contribution in [2.75, 3.05) is 11.9 Å². The minimum absolute atomic E-state index is 0.0434. The van der Waals surface area contributed by atoms with Crippen molar-refractivity contribution in [3.63, 3.8) is 0 Å². The van der Waals surface area contributed by atoms with Crippen LogP contribution in [0.25, 0.3) is 0 Å². The number of fused-ring (bicyclic) bond motifs is 1. The molecule has 0 unspecified atom stereocenters. The summed E-state index contributed by atoms with van der Waals surface area (Å²) in [6.07, 6.45) is 2.52. The van der Waals surface area contributed by atoms with Crippen LogP contribution < -0.4 is 10.6 Å². The fourth-order valence-corrected chi connectivity index (χ4v) is 5.51. The second kappa shape index (κ2) is 7.48. The summed E-state index contributed by atoms with van der Waals surface area (Å²) < 4.78 is 14.2. The molecule has 0 aliphatic carbocycles. The van der Waals surface area contributed by atoms with Gasteiger partial charge >= 0.3 is 0 Å². The van der Waals surface area contributed by atoms with E-state index in [1.165, 1.54) is 12.1 Å². The smallest absolute Gasteiger partial charge is 0.231 e. The number of nitrogens with zero attached hydrogens (tertiary/aromatic N) is 1. The van der Waals surface area contributed by atoms with Gasteiger partial charge in [-0.05, 0) is 48.6 Å². The molecule has 2 aromatic rings. The maximum Gasteiger partial charge on any atom is 0.231 e. The molecule has 3 amide bonds. The van der Waals surface area contributed by atoms with Gasteiger partial charge in [0.15, 0.2) is 0 Å². The summed E-state index contributed by atoms with van der Waals surface area (Å²) in [5, 5.41) is 5.95. The number of nitrogens with one attached hydrogen (secondary N) is 2. The highest BCUT2D eigenvalue weighted by molar-refractivity contribution is 6.01. The van der Waals surface area contributed by atoms with E-state index in [0.717, 1.165) is 18.4 Å². The van der Waals surface area contributed by atoms with Crippen LogP contribution in [0.1, 0.15) is 55.2 Å². The number of hydrogen-bond acceptors (Lipinski definition) is 3. The number of amides is 3. The number of piperidine rings is 1. The molecule has 2 aromatic carbocycles. The number of hydrogen-bond donors (Lipinski definition) is 2. The first-order valence-corrected chi connectivity index (χ1v) is 10.7. The quantitative estimate of drug-likeness (QED) is 0.781. The molecule has 3 aliphatic heterocycles. The molecule has 31 heavy (non-hydrogen) atoms. The molecule has 0 bridgehead atoms. The molecule has 0 saturated carbocycles. The molecular formula is C24H24FN3O3. The molecule has 3 aliphatic rings. The van der Waals surface area contributed by atoms with Crippen LogP contribution in [0, 0.1) is 5.82 Å². The van der Waals surface area contributed by atoms with E-state index in [-0.39, 0.29) is 30.0 Å². The molecule has 3 heterocycles. The molecule has 1 spiro atoms. The summed E-state index contributed by atoms with van der Waals surface area (Å²) in [5.41, 5.74) is 1.50. The maximum absolute atomic E-state index is 14.2. The number of carbonyl (C=O) groups excluding carboxylic acids is 3. The van der Waals surface area contributed by atoms with Crippen molar-refractivity contribution >= 4 is 23.4 Å². The van der Waals surface area contributed by atoms with Gasteiger partial charge in [-0.25, -0.2) is 4.39 Å². The summed E-state index contributed by atoms with van der Waals surface area (Å²) >= 11 is 0. The van der Waals surface area contributed by atoms with Gasteiger partial charge < -0.3 is 15.5 Å². The lowest BCUT2D eigenvalue weighted by Gasteiger charge is -2.49. The number of halogens is 1. The first kappa shape index (κ1) is 19.7. The lowest BCUT2D eigenvalue weighted by molar-refractivity contribution is -0.141. The third kappa shape index (κ3) is 3.38. The molecule has 2 fully saturated rings.